The van der Waals surface area contributed by atoms with Crippen LogP contribution in [-0.2, 0) is 4.79 Å². The zero-order valence-corrected chi connectivity index (χ0v) is 11.7. The lowest BCUT2D eigenvalue weighted by Crippen LogP contribution is -2.45. The lowest BCUT2D eigenvalue weighted by molar-refractivity contribution is -0.119. The second-order valence-electron chi connectivity index (χ2n) is 5.67. The normalized spacial score (nSPS) is 12.9. The van der Waals surface area contributed by atoms with Gasteiger partial charge in [0.15, 0.2) is 0 Å². The third kappa shape index (κ3) is 3.79. The van der Waals surface area contributed by atoms with Gasteiger partial charge in [-0.25, -0.2) is 4.79 Å². The number of aryl methyl sites for hydroxylation is 1. The van der Waals surface area contributed by atoms with Crippen LogP contribution in [0.4, 0.5) is 5.69 Å². The highest BCUT2D eigenvalue weighted by Gasteiger charge is 2.27. The summed E-state index contributed by atoms with van der Waals surface area (Å²) in [4.78, 5) is 23.0. The van der Waals surface area contributed by atoms with E-state index in [1.54, 1.807) is 19.1 Å². The van der Waals surface area contributed by atoms with Crippen LogP contribution in [0.5, 0.6) is 0 Å². The number of carboxylic acid groups (broad SMARTS) is 1. The van der Waals surface area contributed by atoms with Crippen LogP contribution in [-0.4, -0.2) is 23.0 Å². The second-order valence-corrected chi connectivity index (χ2v) is 5.67. The fraction of sp³-hybridized carbons (Fsp3) is 0.429. The summed E-state index contributed by atoms with van der Waals surface area (Å²) >= 11 is 0. The van der Waals surface area contributed by atoms with Gasteiger partial charge in [0.2, 0.25) is 5.91 Å². The Balaban J connectivity index is 2.92. The highest BCUT2D eigenvalue weighted by molar-refractivity contribution is 5.97. The van der Waals surface area contributed by atoms with Gasteiger partial charge in [0.05, 0.1) is 11.6 Å². The molecule has 0 aliphatic heterocycles. The topological polar surface area (TPSA) is 92.4 Å². The summed E-state index contributed by atoms with van der Waals surface area (Å²) in [5, 5.41) is 11.7. The van der Waals surface area contributed by atoms with Gasteiger partial charge in [0, 0.05) is 5.69 Å². The van der Waals surface area contributed by atoms with E-state index in [4.69, 9.17) is 10.8 Å². The summed E-state index contributed by atoms with van der Waals surface area (Å²) < 4.78 is 0. The standard InChI is InChI=1S/C14H20N2O3/c1-8-5-6-9(7-10(8)13(18)19)16-12(17)11(15)14(2,3)4/h5-7,11H,15H2,1-4H3,(H,16,17)(H,18,19)/t11-/m1/s1. The first-order valence-corrected chi connectivity index (χ1v) is 6.03. The number of hydrogen-bond donors (Lipinski definition) is 3. The minimum atomic E-state index is -1.02. The van der Waals surface area contributed by atoms with Crippen LogP contribution in [0.15, 0.2) is 18.2 Å². The van der Waals surface area contributed by atoms with Crippen molar-refractivity contribution >= 4 is 17.6 Å². The molecule has 0 fully saturated rings. The molecule has 0 aromatic heterocycles. The smallest absolute Gasteiger partial charge is 0.336 e. The molecule has 0 saturated carbocycles. The van der Waals surface area contributed by atoms with Crippen LogP contribution < -0.4 is 11.1 Å². The van der Waals surface area contributed by atoms with Crippen molar-refractivity contribution < 1.29 is 14.7 Å². The molecule has 0 spiro atoms. The first kappa shape index (κ1) is 15.2. The molecule has 0 saturated heterocycles. The molecule has 19 heavy (non-hydrogen) atoms. The van der Waals surface area contributed by atoms with Crippen LogP contribution in [0.1, 0.15) is 36.7 Å². The van der Waals surface area contributed by atoms with Crippen molar-refractivity contribution in [2.75, 3.05) is 5.32 Å². The highest BCUT2D eigenvalue weighted by Crippen LogP contribution is 2.20. The molecular weight excluding hydrogens is 244 g/mol. The van der Waals surface area contributed by atoms with Crippen LogP contribution in [0.3, 0.4) is 0 Å². The van der Waals surface area contributed by atoms with Gasteiger partial charge in [-0.3, -0.25) is 4.79 Å². The molecule has 0 unspecified atom stereocenters. The summed E-state index contributed by atoms with van der Waals surface area (Å²) in [5.74, 6) is -1.35. The lowest BCUT2D eigenvalue weighted by Gasteiger charge is -2.25. The van der Waals surface area contributed by atoms with E-state index in [1.165, 1.54) is 6.07 Å². The van der Waals surface area contributed by atoms with Gasteiger partial charge in [-0.15, -0.1) is 0 Å². The number of amides is 1. The van der Waals surface area contributed by atoms with E-state index in [1.807, 2.05) is 20.8 Å². The van der Waals surface area contributed by atoms with Crippen molar-refractivity contribution in [3.8, 4) is 0 Å². The zero-order chi connectivity index (χ0) is 14.8. The van der Waals surface area contributed by atoms with Gasteiger partial charge < -0.3 is 16.2 Å². The lowest BCUT2D eigenvalue weighted by atomic mass is 9.87. The Bertz CT molecular complexity index is 504. The average molecular weight is 264 g/mol. The predicted octanol–water partition coefficient (Wildman–Crippen LogP) is 2.01. The quantitative estimate of drug-likeness (QED) is 0.778. The Labute approximate surface area is 112 Å². The molecule has 1 rings (SSSR count). The largest absolute Gasteiger partial charge is 0.478 e. The van der Waals surface area contributed by atoms with Crippen LogP contribution in [0.2, 0.25) is 0 Å². The van der Waals surface area contributed by atoms with Gasteiger partial charge in [0.1, 0.15) is 0 Å². The van der Waals surface area contributed by atoms with Crippen LogP contribution >= 0.6 is 0 Å². The van der Waals surface area contributed by atoms with E-state index in [2.05, 4.69) is 5.32 Å². The van der Waals surface area contributed by atoms with Crippen molar-refractivity contribution in [2.24, 2.45) is 11.1 Å². The number of carbonyl (C=O) groups is 2. The van der Waals surface area contributed by atoms with Gasteiger partial charge in [0.25, 0.3) is 0 Å². The Morgan fingerprint density at radius 2 is 1.89 bits per heavy atom. The zero-order valence-electron chi connectivity index (χ0n) is 11.7. The van der Waals surface area contributed by atoms with E-state index >= 15 is 0 Å². The average Bonchev–Trinajstić information content (AvgIpc) is 2.29. The second kappa shape index (κ2) is 5.40. The molecule has 5 nitrogen and oxygen atoms in total. The van der Waals surface area contributed by atoms with Crippen LogP contribution in [0.25, 0.3) is 0 Å². The number of rotatable bonds is 3. The summed E-state index contributed by atoms with van der Waals surface area (Å²) in [5.41, 5.74) is 6.74. The van der Waals surface area contributed by atoms with Gasteiger partial charge in [-0.05, 0) is 30.0 Å². The SMILES string of the molecule is Cc1ccc(NC(=O)[C@@H](N)C(C)(C)C)cc1C(=O)O. The Hall–Kier alpha value is -1.88. The molecule has 0 heterocycles. The molecule has 0 radical (unpaired) electrons. The minimum absolute atomic E-state index is 0.169. The summed E-state index contributed by atoms with van der Waals surface area (Å²) in [6.07, 6.45) is 0. The minimum Gasteiger partial charge on any atom is -0.478 e. The molecule has 5 heteroatoms. The maximum Gasteiger partial charge on any atom is 0.336 e. The van der Waals surface area contributed by atoms with Crippen molar-refractivity contribution in [2.45, 2.75) is 33.7 Å². The van der Waals surface area contributed by atoms with Crippen LogP contribution in [0, 0.1) is 12.3 Å². The van der Waals surface area contributed by atoms with E-state index in [0.29, 0.717) is 11.3 Å². The third-order valence-corrected chi connectivity index (χ3v) is 2.95. The Kier molecular flexibility index (Phi) is 4.32. The Morgan fingerprint density at radius 3 is 2.37 bits per heavy atom. The molecule has 1 amide bonds. The third-order valence-electron chi connectivity index (χ3n) is 2.95. The van der Waals surface area contributed by atoms with Crippen molar-refractivity contribution in [1.29, 1.82) is 0 Å². The molecule has 0 bridgehead atoms. The molecule has 1 atom stereocenters. The number of carboxylic acids is 1. The predicted molar refractivity (Wildman–Crippen MR) is 74.2 cm³/mol. The van der Waals surface area contributed by atoms with Crippen molar-refractivity contribution in [1.82, 2.24) is 0 Å². The van der Waals surface area contributed by atoms with E-state index in [-0.39, 0.29) is 16.9 Å². The summed E-state index contributed by atoms with van der Waals surface area (Å²) in [7, 11) is 0. The molecular formula is C14H20N2O3. The molecule has 0 aliphatic carbocycles. The number of aromatic carboxylic acids is 1. The maximum absolute atomic E-state index is 11.9. The fourth-order valence-corrected chi connectivity index (χ4v) is 1.54. The first-order valence-electron chi connectivity index (χ1n) is 6.03. The monoisotopic (exact) mass is 264 g/mol. The molecule has 0 aliphatic rings. The fourth-order valence-electron chi connectivity index (χ4n) is 1.54. The number of nitrogens with one attached hydrogen (secondary N) is 1. The van der Waals surface area contributed by atoms with E-state index < -0.39 is 12.0 Å². The number of nitrogens with two attached hydrogens (primary N) is 1. The molecule has 104 valence electrons. The van der Waals surface area contributed by atoms with E-state index in [9.17, 15) is 9.59 Å². The molecule has 4 N–H and O–H groups in total. The number of carbonyl (C=O) groups excluding carboxylic acids is 1. The molecule has 1 aromatic rings. The molecule has 1 aromatic carbocycles. The number of hydrogen-bond acceptors (Lipinski definition) is 3. The maximum atomic E-state index is 11.9. The first-order chi connectivity index (χ1) is 8.62. The summed E-state index contributed by atoms with van der Waals surface area (Å²) in [6, 6.07) is 4.09. The van der Waals surface area contributed by atoms with Crippen molar-refractivity contribution in [3.05, 3.63) is 29.3 Å². The van der Waals surface area contributed by atoms with Gasteiger partial charge in [-0.1, -0.05) is 26.8 Å². The Morgan fingerprint density at radius 1 is 1.32 bits per heavy atom. The summed E-state index contributed by atoms with van der Waals surface area (Å²) in [6.45, 7) is 7.31. The van der Waals surface area contributed by atoms with Crippen molar-refractivity contribution in [3.63, 3.8) is 0 Å². The number of benzene rings is 1. The van der Waals surface area contributed by atoms with E-state index in [0.717, 1.165) is 0 Å². The van der Waals surface area contributed by atoms with Gasteiger partial charge >= 0.3 is 5.97 Å². The number of anilines is 1. The highest BCUT2D eigenvalue weighted by atomic mass is 16.4. The van der Waals surface area contributed by atoms with Gasteiger partial charge in [-0.2, -0.15) is 0 Å².